The van der Waals surface area contributed by atoms with E-state index in [4.69, 9.17) is 5.26 Å². The van der Waals surface area contributed by atoms with Gasteiger partial charge in [-0.2, -0.15) is 5.26 Å². The van der Waals surface area contributed by atoms with Crippen LogP contribution >= 0.6 is 0 Å². The second-order valence-corrected chi connectivity index (χ2v) is 4.24. The molecule has 0 unspecified atom stereocenters. The van der Waals surface area contributed by atoms with Gasteiger partial charge in [-0.15, -0.1) is 0 Å². The average molecular weight is 243 g/mol. The summed E-state index contributed by atoms with van der Waals surface area (Å²) in [4.78, 5) is 11.5. The lowest BCUT2D eigenvalue weighted by Crippen LogP contribution is -2.37. The standard InChI is InChI=1S/C14H17N3O/c1-10(2)9-16-14(18)17-11(3)13-6-4-12(8-15)5-7-13/h4-7,11H,1,9H2,2-3H3,(H2,16,17,18)/t11-/m1/s1. The highest BCUT2D eigenvalue weighted by Gasteiger charge is 2.08. The van der Waals surface area contributed by atoms with Gasteiger partial charge in [0.1, 0.15) is 0 Å². The highest BCUT2D eigenvalue weighted by molar-refractivity contribution is 5.74. The number of hydrogen-bond donors (Lipinski definition) is 2. The Bertz CT molecular complexity index is 471. The fraction of sp³-hybridized carbons (Fsp3) is 0.286. The fourth-order valence-electron chi connectivity index (χ4n) is 1.41. The monoisotopic (exact) mass is 243 g/mol. The minimum atomic E-state index is -0.227. The SMILES string of the molecule is C=C(C)CNC(=O)N[C@H](C)c1ccc(C#N)cc1. The molecule has 1 aromatic rings. The largest absolute Gasteiger partial charge is 0.334 e. The van der Waals surface area contributed by atoms with Gasteiger partial charge in [0, 0.05) is 6.54 Å². The van der Waals surface area contributed by atoms with E-state index in [1.54, 1.807) is 12.1 Å². The molecule has 0 fully saturated rings. The maximum absolute atomic E-state index is 11.5. The Morgan fingerprint density at radius 1 is 1.44 bits per heavy atom. The summed E-state index contributed by atoms with van der Waals surface area (Å²) < 4.78 is 0. The summed E-state index contributed by atoms with van der Waals surface area (Å²) in [6.07, 6.45) is 0. The normalized spacial score (nSPS) is 11.2. The summed E-state index contributed by atoms with van der Waals surface area (Å²) in [6, 6.07) is 8.86. The average Bonchev–Trinajstić information content (AvgIpc) is 2.36. The molecule has 0 aliphatic carbocycles. The smallest absolute Gasteiger partial charge is 0.315 e. The van der Waals surface area contributed by atoms with Crippen molar-refractivity contribution in [2.24, 2.45) is 0 Å². The van der Waals surface area contributed by atoms with Crippen molar-refractivity contribution in [1.29, 1.82) is 5.26 Å². The molecular formula is C14H17N3O. The predicted octanol–water partition coefficient (Wildman–Crippen LogP) is 2.49. The molecule has 0 saturated heterocycles. The number of nitrogens with zero attached hydrogens (tertiary/aromatic N) is 1. The second kappa shape index (κ2) is 6.45. The molecule has 1 atom stereocenters. The van der Waals surface area contributed by atoms with Crippen LogP contribution in [0.15, 0.2) is 36.4 Å². The van der Waals surface area contributed by atoms with E-state index in [9.17, 15) is 4.79 Å². The van der Waals surface area contributed by atoms with Gasteiger partial charge in [0.2, 0.25) is 0 Å². The van der Waals surface area contributed by atoms with Crippen molar-refractivity contribution in [2.45, 2.75) is 19.9 Å². The summed E-state index contributed by atoms with van der Waals surface area (Å²) >= 11 is 0. The number of carbonyl (C=O) groups excluding carboxylic acids is 1. The molecule has 94 valence electrons. The van der Waals surface area contributed by atoms with Crippen molar-refractivity contribution >= 4 is 6.03 Å². The van der Waals surface area contributed by atoms with Gasteiger partial charge in [-0.05, 0) is 31.5 Å². The van der Waals surface area contributed by atoms with E-state index in [1.807, 2.05) is 26.0 Å². The summed E-state index contributed by atoms with van der Waals surface area (Å²) in [5, 5.41) is 14.2. The lowest BCUT2D eigenvalue weighted by atomic mass is 10.1. The maximum Gasteiger partial charge on any atom is 0.315 e. The molecule has 2 amide bonds. The highest BCUT2D eigenvalue weighted by Crippen LogP contribution is 2.12. The first-order chi connectivity index (χ1) is 8.52. The second-order valence-electron chi connectivity index (χ2n) is 4.24. The Morgan fingerprint density at radius 2 is 2.06 bits per heavy atom. The Morgan fingerprint density at radius 3 is 2.56 bits per heavy atom. The van der Waals surface area contributed by atoms with Crippen molar-refractivity contribution in [2.75, 3.05) is 6.54 Å². The number of urea groups is 1. The molecule has 0 aliphatic rings. The van der Waals surface area contributed by atoms with Gasteiger partial charge in [-0.1, -0.05) is 24.3 Å². The number of benzene rings is 1. The van der Waals surface area contributed by atoms with Gasteiger partial charge < -0.3 is 10.6 Å². The predicted molar refractivity (Wildman–Crippen MR) is 70.9 cm³/mol. The summed E-state index contributed by atoms with van der Waals surface area (Å²) in [5.74, 6) is 0. The van der Waals surface area contributed by atoms with Gasteiger partial charge in [0.15, 0.2) is 0 Å². The van der Waals surface area contributed by atoms with Gasteiger partial charge in [-0.25, -0.2) is 4.79 Å². The van der Waals surface area contributed by atoms with E-state index < -0.39 is 0 Å². The fourth-order valence-corrected chi connectivity index (χ4v) is 1.41. The van der Waals surface area contributed by atoms with E-state index in [-0.39, 0.29) is 12.1 Å². The molecule has 2 N–H and O–H groups in total. The topological polar surface area (TPSA) is 64.9 Å². The number of amides is 2. The third-order valence-corrected chi connectivity index (χ3v) is 2.44. The first-order valence-electron chi connectivity index (χ1n) is 5.71. The molecule has 1 rings (SSSR count). The zero-order valence-corrected chi connectivity index (χ0v) is 10.7. The molecule has 0 spiro atoms. The molecular weight excluding hydrogens is 226 g/mol. The van der Waals surface area contributed by atoms with E-state index in [1.165, 1.54) is 0 Å². The molecule has 0 aromatic heterocycles. The van der Waals surface area contributed by atoms with E-state index in [0.29, 0.717) is 12.1 Å². The van der Waals surface area contributed by atoms with E-state index in [0.717, 1.165) is 11.1 Å². The van der Waals surface area contributed by atoms with Crippen LogP contribution in [0.1, 0.15) is 31.0 Å². The Balaban J connectivity index is 2.54. The lowest BCUT2D eigenvalue weighted by Gasteiger charge is -2.15. The van der Waals surface area contributed by atoms with Crippen LogP contribution in [0.25, 0.3) is 0 Å². The van der Waals surface area contributed by atoms with E-state index in [2.05, 4.69) is 23.3 Å². The summed E-state index contributed by atoms with van der Waals surface area (Å²) in [5.41, 5.74) is 2.47. The zero-order valence-electron chi connectivity index (χ0n) is 10.7. The van der Waals surface area contributed by atoms with Crippen LogP contribution in [0.4, 0.5) is 4.79 Å². The number of nitriles is 1. The van der Waals surface area contributed by atoms with Crippen LogP contribution in [-0.2, 0) is 0 Å². The molecule has 0 aliphatic heterocycles. The van der Waals surface area contributed by atoms with Crippen LogP contribution in [0.2, 0.25) is 0 Å². The Hall–Kier alpha value is -2.28. The molecule has 4 heteroatoms. The minimum absolute atomic E-state index is 0.108. The third-order valence-electron chi connectivity index (χ3n) is 2.44. The molecule has 0 radical (unpaired) electrons. The van der Waals surface area contributed by atoms with Gasteiger partial charge in [-0.3, -0.25) is 0 Å². The van der Waals surface area contributed by atoms with Crippen molar-refractivity contribution < 1.29 is 4.79 Å². The first kappa shape index (κ1) is 13.8. The number of hydrogen-bond acceptors (Lipinski definition) is 2. The molecule has 0 saturated carbocycles. The zero-order chi connectivity index (χ0) is 13.5. The minimum Gasteiger partial charge on any atom is -0.334 e. The van der Waals surface area contributed by atoms with Gasteiger partial charge in [0.25, 0.3) is 0 Å². The van der Waals surface area contributed by atoms with E-state index >= 15 is 0 Å². The summed E-state index contributed by atoms with van der Waals surface area (Å²) in [7, 11) is 0. The lowest BCUT2D eigenvalue weighted by molar-refractivity contribution is 0.238. The van der Waals surface area contributed by atoms with Crippen LogP contribution in [0.5, 0.6) is 0 Å². The number of rotatable bonds is 4. The quantitative estimate of drug-likeness (QED) is 0.798. The maximum atomic E-state index is 11.5. The van der Waals surface area contributed by atoms with Gasteiger partial charge >= 0.3 is 6.03 Å². The third kappa shape index (κ3) is 4.30. The van der Waals surface area contributed by atoms with Crippen molar-refractivity contribution in [1.82, 2.24) is 10.6 Å². The first-order valence-corrected chi connectivity index (χ1v) is 5.71. The Kier molecular flexibility index (Phi) is 4.94. The number of carbonyl (C=O) groups is 1. The molecule has 1 aromatic carbocycles. The molecule has 0 heterocycles. The van der Waals surface area contributed by atoms with Crippen LogP contribution in [-0.4, -0.2) is 12.6 Å². The molecule has 0 bridgehead atoms. The van der Waals surface area contributed by atoms with Crippen LogP contribution in [0, 0.1) is 11.3 Å². The van der Waals surface area contributed by atoms with Crippen molar-refractivity contribution in [3.8, 4) is 6.07 Å². The molecule has 18 heavy (non-hydrogen) atoms. The van der Waals surface area contributed by atoms with Crippen LogP contribution < -0.4 is 10.6 Å². The molecule has 4 nitrogen and oxygen atoms in total. The summed E-state index contributed by atoms with van der Waals surface area (Å²) in [6.45, 7) is 7.92. The van der Waals surface area contributed by atoms with Crippen molar-refractivity contribution in [3.05, 3.63) is 47.5 Å². The van der Waals surface area contributed by atoms with Crippen LogP contribution in [0.3, 0.4) is 0 Å². The Labute approximate surface area is 107 Å². The van der Waals surface area contributed by atoms with Crippen molar-refractivity contribution in [3.63, 3.8) is 0 Å². The van der Waals surface area contributed by atoms with Gasteiger partial charge in [0.05, 0.1) is 17.7 Å². The highest BCUT2D eigenvalue weighted by atomic mass is 16.2. The number of nitrogens with one attached hydrogen (secondary N) is 2.